The first-order valence-corrected chi connectivity index (χ1v) is 9.94. The average molecular weight is 506 g/mol. The first-order valence-electron chi connectivity index (χ1n) is 8.87. The molecule has 29 heavy (non-hydrogen) atoms. The number of nitrogens with one attached hydrogen (secondary N) is 1. The lowest BCUT2D eigenvalue weighted by Gasteiger charge is -2.27. The largest absolute Gasteiger partial charge is 0.504 e. The van der Waals surface area contributed by atoms with E-state index in [-0.39, 0.29) is 17.1 Å². The molecule has 0 saturated carbocycles. The fraction of sp³-hybridized carbons (Fsp3) is 0.190. The van der Waals surface area contributed by atoms with Gasteiger partial charge in [0, 0.05) is 0 Å². The van der Waals surface area contributed by atoms with E-state index in [4.69, 9.17) is 4.74 Å². The van der Waals surface area contributed by atoms with Gasteiger partial charge in [-0.25, -0.2) is 9.69 Å². The van der Waals surface area contributed by atoms with Crippen molar-refractivity contribution in [3.05, 3.63) is 56.2 Å². The lowest BCUT2D eigenvalue weighted by atomic mass is 10.0. The highest BCUT2D eigenvalue weighted by Gasteiger charge is 2.37. The van der Waals surface area contributed by atoms with Crippen LogP contribution in [-0.4, -0.2) is 29.6 Å². The third kappa shape index (κ3) is 4.12. The van der Waals surface area contributed by atoms with Crippen molar-refractivity contribution in [3.63, 3.8) is 0 Å². The van der Waals surface area contributed by atoms with Crippen LogP contribution in [-0.2, 0) is 9.59 Å². The molecule has 150 valence electrons. The number of rotatable bonds is 4. The molecule has 2 N–H and O–H groups in total. The van der Waals surface area contributed by atoms with Crippen LogP contribution in [0.15, 0.2) is 35.9 Å². The van der Waals surface area contributed by atoms with Crippen molar-refractivity contribution in [3.8, 4) is 11.5 Å². The number of aryl methyl sites for hydroxylation is 2. The highest BCUT2D eigenvalue weighted by Crippen LogP contribution is 2.34. The molecule has 1 saturated heterocycles. The summed E-state index contributed by atoms with van der Waals surface area (Å²) in [6, 6.07) is 7.53. The SMILES string of the molecule is CCOc1cc(C=C2C(=O)NC(=O)N(c3ccc(C)c(C)c3)C2=O)cc(I)c1O. The number of benzene rings is 2. The van der Waals surface area contributed by atoms with E-state index in [9.17, 15) is 19.5 Å². The van der Waals surface area contributed by atoms with Gasteiger partial charge < -0.3 is 9.84 Å². The predicted octanol–water partition coefficient (Wildman–Crippen LogP) is 3.68. The number of amides is 4. The van der Waals surface area contributed by atoms with Gasteiger partial charge in [-0.2, -0.15) is 0 Å². The fourth-order valence-corrected chi connectivity index (χ4v) is 3.49. The summed E-state index contributed by atoms with van der Waals surface area (Å²) in [4.78, 5) is 38.6. The zero-order valence-corrected chi connectivity index (χ0v) is 18.2. The molecule has 1 fully saturated rings. The van der Waals surface area contributed by atoms with Gasteiger partial charge in [-0.15, -0.1) is 0 Å². The van der Waals surface area contributed by atoms with Crippen molar-refractivity contribution in [2.24, 2.45) is 0 Å². The number of aromatic hydroxyl groups is 1. The summed E-state index contributed by atoms with van der Waals surface area (Å²) >= 11 is 1.93. The number of urea groups is 1. The van der Waals surface area contributed by atoms with Crippen LogP contribution in [0.4, 0.5) is 10.5 Å². The fourth-order valence-electron chi connectivity index (χ4n) is 2.87. The Balaban J connectivity index is 2.05. The molecular formula is C21H19IN2O5. The number of phenolic OH excluding ortho intramolecular Hbond substituents is 1. The Kier molecular flexibility index (Phi) is 5.92. The van der Waals surface area contributed by atoms with Crippen molar-refractivity contribution >= 4 is 52.2 Å². The van der Waals surface area contributed by atoms with Gasteiger partial charge in [0.05, 0.1) is 15.9 Å². The van der Waals surface area contributed by atoms with Crippen LogP contribution in [0.2, 0.25) is 0 Å². The number of carbonyl (C=O) groups is 3. The monoisotopic (exact) mass is 506 g/mol. The number of hydrogen-bond donors (Lipinski definition) is 2. The van der Waals surface area contributed by atoms with E-state index in [1.54, 1.807) is 25.1 Å². The number of barbiturate groups is 1. The first kappa shape index (κ1) is 20.8. The Labute approximate surface area is 181 Å². The van der Waals surface area contributed by atoms with Gasteiger partial charge in [-0.3, -0.25) is 14.9 Å². The van der Waals surface area contributed by atoms with E-state index in [0.29, 0.717) is 21.4 Å². The summed E-state index contributed by atoms with van der Waals surface area (Å²) in [7, 11) is 0. The number of nitrogens with zero attached hydrogens (tertiary/aromatic N) is 1. The maximum atomic E-state index is 13.0. The number of carbonyl (C=O) groups excluding carboxylic acids is 3. The molecule has 0 atom stereocenters. The number of imide groups is 2. The maximum absolute atomic E-state index is 13.0. The molecule has 1 heterocycles. The standard InChI is InChI=1S/C21H19IN2O5/c1-4-29-17-10-13(9-16(22)18(17)25)8-15-19(26)23-21(28)24(20(15)27)14-6-5-11(2)12(3)7-14/h5-10,25H,4H2,1-3H3,(H,23,26,28). The Morgan fingerprint density at radius 1 is 1.14 bits per heavy atom. The van der Waals surface area contributed by atoms with E-state index in [1.807, 2.05) is 42.5 Å². The van der Waals surface area contributed by atoms with Crippen LogP contribution in [0.1, 0.15) is 23.6 Å². The molecule has 0 bridgehead atoms. The maximum Gasteiger partial charge on any atom is 0.335 e. The van der Waals surface area contributed by atoms with Crippen LogP contribution in [0.5, 0.6) is 11.5 Å². The second-order valence-corrected chi connectivity index (χ2v) is 7.67. The van der Waals surface area contributed by atoms with Crippen LogP contribution >= 0.6 is 22.6 Å². The summed E-state index contributed by atoms with van der Waals surface area (Å²) in [6.07, 6.45) is 1.38. The quantitative estimate of drug-likeness (QED) is 0.375. The Bertz CT molecular complexity index is 1060. The Morgan fingerprint density at radius 2 is 1.86 bits per heavy atom. The molecule has 2 aromatic carbocycles. The summed E-state index contributed by atoms with van der Waals surface area (Å²) in [5, 5.41) is 12.3. The normalized spacial score (nSPS) is 15.7. The first-order chi connectivity index (χ1) is 13.7. The predicted molar refractivity (Wildman–Crippen MR) is 117 cm³/mol. The van der Waals surface area contributed by atoms with E-state index in [0.717, 1.165) is 16.0 Å². The summed E-state index contributed by atoms with van der Waals surface area (Å²) in [6.45, 7) is 5.93. The Morgan fingerprint density at radius 3 is 2.52 bits per heavy atom. The Hall–Kier alpha value is -2.88. The molecule has 1 aliphatic rings. The van der Waals surface area contributed by atoms with Gasteiger partial charge in [0.15, 0.2) is 11.5 Å². The molecule has 0 unspecified atom stereocenters. The number of hydrogen-bond acceptors (Lipinski definition) is 5. The van der Waals surface area contributed by atoms with Crippen LogP contribution < -0.4 is 15.0 Å². The molecule has 1 aliphatic heterocycles. The van der Waals surface area contributed by atoms with Crippen molar-refractivity contribution < 1.29 is 24.2 Å². The van der Waals surface area contributed by atoms with Crippen molar-refractivity contribution in [1.82, 2.24) is 5.32 Å². The molecule has 4 amide bonds. The van der Waals surface area contributed by atoms with E-state index >= 15 is 0 Å². The van der Waals surface area contributed by atoms with Gasteiger partial charge in [0.2, 0.25) is 0 Å². The minimum Gasteiger partial charge on any atom is -0.504 e. The summed E-state index contributed by atoms with van der Waals surface area (Å²) in [5.41, 5.74) is 2.62. The minimum absolute atomic E-state index is 0.0130. The van der Waals surface area contributed by atoms with Crippen molar-refractivity contribution in [2.45, 2.75) is 20.8 Å². The smallest absolute Gasteiger partial charge is 0.335 e. The van der Waals surface area contributed by atoms with E-state index in [2.05, 4.69) is 5.32 Å². The molecular weight excluding hydrogens is 487 g/mol. The highest BCUT2D eigenvalue weighted by atomic mass is 127. The van der Waals surface area contributed by atoms with Gasteiger partial charge in [0.1, 0.15) is 5.57 Å². The summed E-state index contributed by atoms with van der Waals surface area (Å²) < 4.78 is 5.90. The molecule has 3 rings (SSSR count). The van der Waals surface area contributed by atoms with Crippen LogP contribution in [0.3, 0.4) is 0 Å². The third-order valence-corrected chi connectivity index (χ3v) is 5.33. The molecule has 0 aromatic heterocycles. The number of ether oxygens (including phenoxy) is 1. The second kappa shape index (κ2) is 8.24. The summed E-state index contributed by atoms with van der Waals surface area (Å²) in [5.74, 6) is -1.26. The van der Waals surface area contributed by atoms with Crippen molar-refractivity contribution in [1.29, 1.82) is 0 Å². The highest BCUT2D eigenvalue weighted by molar-refractivity contribution is 14.1. The minimum atomic E-state index is -0.796. The zero-order valence-electron chi connectivity index (χ0n) is 16.1. The lowest BCUT2D eigenvalue weighted by molar-refractivity contribution is -0.122. The molecule has 8 heteroatoms. The topological polar surface area (TPSA) is 95.9 Å². The zero-order chi connectivity index (χ0) is 21.3. The number of halogens is 1. The molecule has 0 aliphatic carbocycles. The number of anilines is 1. The third-order valence-electron chi connectivity index (χ3n) is 4.51. The molecule has 2 aromatic rings. The van der Waals surface area contributed by atoms with E-state index in [1.165, 1.54) is 12.1 Å². The van der Waals surface area contributed by atoms with Gasteiger partial charge in [0.25, 0.3) is 11.8 Å². The molecule has 7 nitrogen and oxygen atoms in total. The molecule has 0 radical (unpaired) electrons. The van der Waals surface area contributed by atoms with Gasteiger partial charge >= 0.3 is 6.03 Å². The lowest BCUT2D eigenvalue weighted by Crippen LogP contribution is -2.54. The van der Waals surface area contributed by atoms with Crippen molar-refractivity contribution in [2.75, 3.05) is 11.5 Å². The van der Waals surface area contributed by atoms with Crippen LogP contribution in [0, 0.1) is 17.4 Å². The number of phenols is 1. The van der Waals surface area contributed by atoms with Crippen LogP contribution in [0.25, 0.3) is 6.08 Å². The van der Waals surface area contributed by atoms with Gasteiger partial charge in [-0.05, 0) is 90.4 Å². The van der Waals surface area contributed by atoms with Gasteiger partial charge in [-0.1, -0.05) is 6.07 Å². The average Bonchev–Trinajstić information content (AvgIpc) is 2.65. The van der Waals surface area contributed by atoms with E-state index < -0.39 is 17.8 Å². The molecule has 0 spiro atoms. The second-order valence-electron chi connectivity index (χ2n) is 6.51.